The molecule has 3 heteroatoms. The number of piperidine rings is 2. The molecule has 2 saturated heterocycles. The molecule has 0 aromatic heterocycles. The van der Waals surface area contributed by atoms with Crippen molar-refractivity contribution in [2.24, 2.45) is 0 Å². The Hall–Kier alpha value is -0.930. The van der Waals surface area contributed by atoms with Gasteiger partial charge in [-0.05, 0) is 55.9 Å². The molecular formula is C16H22FNO. The van der Waals surface area contributed by atoms with Gasteiger partial charge in [0.2, 0.25) is 0 Å². The topological polar surface area (TPSA) is 32.3 Å². The average molecular weight is 263 g/mol. The van der Waals surface area contributed by atoms with Gasteiger partial charge in [-0.3, -0.25) is 0 Å². The third kappa shape index (κ3) is 2.82. The van der Waals surface area contributed by atoms with Crippen molar-refractivity contribution in [3.8, 4) is 0 Å². The van der Waals surface area contributed by atoms with Gasteiger partial charge >= 0.3 is 0 Å². The number of aryl methyl sites for hydroxylation is 1. The molecule has 3 rings (SSSR count). The van der Waals surface area contributed by atoms with Crippen molar-refractivity contribution in [3.05, 3.63) is 35.1 Å². The van der Waals surface area contributed by atoms with Gasteiger partial charge in [0.15, 0.2) is 0 Å². The number of aliphatic hydroxyl groups is 1. The van der Waals surface area contributed by atoms with Crippen LogP contribution in [0, 0.1) is 12.7 Å². The van der Waals surface area contributed by atoms with Crippen molar-refractivity contribution < 1.29 is 9.50 Å². The van der Waals surface area contributed by atoms with E-state index < -0.39 is 5.60 Å². The van der Waals surface area contributed by atoms with Crippen LogP contribution in [-0.2, 0) is 6.42 Å². The van der Waals surface area contributed by atoms with Crippen molar-refractivity contribution in [1.82, 2.24) is 5.32 Å². The third-order valence-corrected chi connectivity index (χ3v) is 4.65. The van der Waals surface area contributed by atoms with E-state index in [0.29, 0.717) is 18.5 Å². The molecule has 2 bridgehead atoms. The summed E-state index contributed by atoms with van der Waals surface area (Å²) in [5.41, 5.74) is 1.39. The predicted molar refractivity (Wildman–Crippen MR) is 73.6 cm³/mol. The molecule has 2 heterocycles. The Morgan fingerprint density at radius 3 is 2.63 bits per heavy atom. The molecule has 0 saturated carbocycles. The highest BCUT2D eigenvalue weighted by Gasteiger charge is 2.40. The molecule has 2 unspecified atom stereocenters. The summed E-state index contributed by atoms with van der Waals surface area (Å²) in [6.45, 7) is 1.92. The van der Waals surface area contributed by atoms with E-state index in [-0.39, 0.29) is 5.82 Å². The minimum absolute atomic E-state index is 0.199. The number of nitrogens with one attached hydrogen (secondary N) is 1. The maximum atomic E-state index is 13.1. The van der Waals surface area contributed by atoms with Crippen LogP contribution in [0.1, 0.15) is 43.2 Å². The zero-order valence-corrected chi connectivity index (χ0v) is 11.5. The maximum absolute atomic E-state index is 13.1. The van der Waals surface area contributed by atoms with E-state index in [9.17, 15) is 9.50 Å². The fourth-order valence-electron chi connectivity index (χ4n) is 3.79. The van der Waals surface area contributed by atoms with Crippen LogP contribution in [0.15, 0.2) is 18.2 Å². The number of rotatable bonds is 2. The van der Waals surface area contributed by atoms with Crippen LogP contribution in [0.25, 0.3) is 0 Å². The lowest BCUT2D eigenvalue weighted by Crippen LogP contribution is -2.56. The summed E-state index contributed by atoms with van der Waals surface area (Å²) in [6, 6.07) is 5.78. The fourth-order valence-corrected chi connectivity index (χ4v) is 3.79. The SMILES string of the molecule is Cc1cc(F)ccc1CC1(O)CC2CCCC(C1)N2. The Labute approximate surface area is 114 Å². The molecular weight excluding hydrogens is 241 g/mol. The number of fused-ring (bicyclic) bond motifs is 2. The lowest BCUT2D eigenvalue weighted by molar-refractivity contribution is -0.0303. The average Bonchev–Trinajstić information content (AvgIpc) is 2.32. The zero-order valence-electron chi connectivity index (χ0n) is 11.5. The molecule has 2 aliphatic heterocycles. The number of halogens is 1. The Morgan fingerprint density at radius 1 is 1.32 bits per heavy atom. The van der Waals surface area contributed by atoms with E-state index in [1.165, 1.54) is 25.3 Å². The van der Waals surface area contributed by atoms with Crippen LogP contribution in [0.4, 0.5) is 4.39 Å². The molecule has 2 N–H and O–H groups in total. The van der Waals surface area contributed by atoms with Crippen molar-refractivity contribution in [1.29, 1.82) is 0 Å². The first kappa shape index (κ1) is 13.1. The number of hydrogen-bond donors (Lipinski definition) is 2. The summed E-state index contributed by atoms with van der Waals surface area (Å²) in [5.74, 6) is -0.199. The van der Waals surface area contributed by atoms with Crippen molar-refractivity contribution in [2.45, 2.75) is 63.1 Å². The van der Waals surface area contributed by atoms with Gasteiger partial charge in [-0.15, -0.1) is 0 Å². The fraction of sp³-hybridized carbons (Fsp3) is 0.625. The van der Waals surface area contributed by atoms with E-state index in [1.54, 1.807) is 6.07 Å². The van der Waals surface area contributed by atoms with Crippen molar-refractivity contribution in [3.63, 3.8) is 0 Å². The second kappa shape index (κ2) is 4.88. The Kier molecular flexibility index (Phi) is 3.35. The first-order chi connectivity index (χ1) is 9.04. The van der Waals surface area contributed by atoms with Crippen LogP contribution in [-0.4, -0.2) is 22.8 Å². The lowest BCUT2D eigenvalue weighted by atomic mass is 9.74. The largest absolute Gasteiger partial charge is 0.389 e. The minimum Gasteiger partial charge on any atom is -0.389 e. The highest BCUT2D eigenvalue weighted by Crippen LogP contribution is 2.35. The Morgan fingerprint density at radius 2 is 2.00 bits per heavy atom. The van der Waals surface area contributed by atoms with Crippen LogP contribution < -0.4 is 5.32 Å². The van der Waals surface area contributed by atoms with E-state index in [2.05, 4.69) is 5.32 Å². The van der Waals surface area contributed by atoms with Gasteiger partial charge in [-0.25, -0.2) is 4.39 Å². The summed E-state index contributed by atoms with van der Waals surface area (Å²) in [5, 5.41) is 14.5. The molecule has 19 heavy (non-hydrogen) atoms. The van der Waals surface area contributed by atoms with Gasteiger partial charge in [0.05, 0.1) is 5.60 Å². The van der Waals surface area contributed by atoms with Crippen LogP contribution >= 0.6 is 0 Å². The normalized spacial score (nSPS) is 34.3. The smallest absolute Gasteiger partial charge is 0.123 e. The van der Waals surface area contributed by atoms with Gasteiger partial charge in [0, 0.05) is 18.5 Å². The highest BCUT2D eigenvalue weighted by atomic mass is 19.1. The highest BCUT2D eigenvalue weighted by molar-refractivity contribution is 5.28. The van der Waals surface area contributed by atoms with Crippen LogP contribution in [0.2, 0.25) is 0 Å². The van der Waals surface area contributed by atoms with Crippen molar-refractivity contribution >= 4 is 0 Å². The Bertz CT molecular complexity index is 462. The van der Waals surface area contributed by atoms with Crippen LogP contribution in [0.5, 0.6) is 0 Å². The number of hydrogen-bond acceptors (Lipinski definition) is 2. The van der Waals surface area contributed by atoms with Gasteiger partial charge in [0.25, 0.3) is 0 Å². The summed E-state index contributed by atoms with van der Waals surface area (Å²) in [7, 11) is 0. The minimum atomic E-state index is -0.621. The van der Waals surface area contributed by atoms with Gasteiger partial charge < -0.3 is 10.4 Å². The second-order valence-corrected chi connectivity index (χ2v) is 6.37. The van der Waals surface area contributed by atoms with Gasteiger partial charge in [-0.2, -0.15) is 0 Å². The predicted octanol–water partition coefficient (Wildman–Crippen LogP) is 2.71. The van der Waals surface area contributed by atoms with Crippen molar-refractivity contribution in [2.75, 3.05) is 0 Å². The van der Waals surface area contributed by atoms with Gasteiger partial charge in [0.1, 0.15) is 5.82 Å². The lowest BCUT2D eigenvalue weighted by Gasteiger charge is -2.45. The van der Waals surface area contributed by atoms with E-state index >= 15 is 0 Å². The van der Waals surface area contributed by atoms with E-state index in [4.69, 9.17) is 0 Å². The molecule has 0 radical (unpaired) electrons. The molecule has 0 amide bonds. The molecule has 2 nitrogen and oxygen atoms in total. The molecule has 2 fully saturated rings. The second-order valence-electron chi connectivity index (χ2n) is 6.37. The molecule has 104 valence electrons. The number of benzene rings is 1. The maximum Gasteiger partial charge on any atom is 0.123 e. The molecule has 0 spiro atoms. The first-order valence-corrected chi connectivity index (χ1v) is 7.28. The summed E-state index contributed by atoms with van der Waals surface area (Å²) in [6.07, 6.45) is 5.89. The monoisotopic (exact) mass is 263 g/mol. The molecule has 2 atom stereocenters. The summed E-state index contributed by atoms with van der Waals surface area (Å²) in [4.78, 5) is 0. The standard InChI is InChI=1S/C16H22FNO/c1-11-7-13(17)6-5-12(11)8-16(19)9-14-3-2-4-15(10-16)18-14/h5-7,14-15,18-19H,2-4,8-10H2,1H3. The Balaban J connectivity index is 1.77. The zero-order chi connectivity index (χ0) is 13.5. The molecule has 1 aromatic carbocycles. The van der Waals surface area contributed by atoms with E-state index in [0.717, 1.165) is 24.0 Å². The molecule has 2 aliphatic rings. The summed E-state index contributed by atoms with van der Waals surface area (Å²) >= 11 is 0. The quantitative estimate of drug-likeness (QED) is 0.860. The van der Waals surface area contributed by atoms with Crippen LogP contribution in [0.3, 0.4) is 0 Å². The van der Waals surface area contributed by atoms with E-state index in [1.807, 2.05) is 13.0 Å². The molecule has 1 aromatic rings. The summed E-state index contributed by atoms with van der Waals surface area (Å²) < 4.78 is 13.1. The first-order valence-electron chi connectivity index (χ1n) is 7.28. The third-order valence-electron chi connectivity index (χ3n) is 4.65. The van der Waals surface area contributed by atoms with Gasteiger partial charge in [-0.1, -0.05) is 12.5 Å². The molecule has 0 aliphatic carbocycles.